The maximum absolute atomic E-state index is 10.6. The summed E-state index contributed by atoms with van der Waals surface area (Å²) < 4.78 is 0. The van der Waals surface area contributed by atoms with Crippen molar-refractivity contribution in [3.63, 3.8) is 0 Å². The second-order valence-corrected chi connectivity index (χ2v) is 3.89. The molecule has 0 aliphatic carbocycles. The topological polar surface area (TPSA) is 63.3 Å². The summed E-state index contributed by atoms with van der Waals surface area (Å²) in [6.07, 6.45) is 6.21. The highest BCUT2D eigenvalue weighted by molar-refractivity contribution is 5.77. The van der Waals surface area contributed by atoms with Gasteiger partial charge >= 0.3 is 5.97 Å². The first-order valence-electron chi connectivity index (χ1n) is 5.03. The molecule has 0 aromatic heterocycles. The van der Waals surface area contributed by atoms with Gasteiger partial charge in [-0.05, 0) is 13.3 Å². The molecule has 0 aliphatic rings. The zero-order valence-corrected chi connectivity index (χ0v) is 8.68. The third-order valence-corrected chi connectivity index (χ3v) is 2.29. The van der Waals surface area contributed by atoms with E-state index in [1.807, 2.05) is 0 Å². The fourth-order valence-corrected chi connectivity index (χ4v) is 1.20. The van der Waals surface area contributed by atoms with Gasteiger partial charge in [0.15, 0.2) is 0 Å². The fourth-order valence-electron chi connectivity index (χ4n) is 1.20. The van der Waals surface area contributed by atoms with Crippen molar-refractivity contribution >= 4 is 5.97 Å². The van der Waals surface area contributed by atoms with Crippen LogP contribution >= 0.6 is 0 Å². The Bertz CT molecular complexity index is 155. The molecule has 0 radical (unpaired) electrons. The van der Waals surface area contributed by atoms with Gasteiger partial charge in [-0.2, -0.15) is 0 Å². The average Bonchev–Trinajstić information content (AvgIpc) is 2.03. The Kier molecular flexibility index (Phi) is 5.71. The maximum atomic E-state index is 10.6. The Hall–Kier alpha value is -0.570. The molecule has 0 fully saturated rings. The van der Waals surface area contributed by atoms with Crippen LogP contribution in [0.4, 0.5) is 0 Å². The predicted molar refractivity (Wildman–Crippen MR) is 53.6 cm³/mol. The molecule has 78 valence electrons. The minimum Gasteiger partial charge on any atom is -0.480 e. The first-order valence-corrected chi connectivity index (χ1v) is 5.03. The molecule has 0 saturated carbocycles. The summed E-state index contributed by atoms with van der Waals surface area (Å²) in [6.45, 7) is 3.74. The number of carboxylic acid groups (broad SMARTS) is 1. The lowest BCUT2D eigenvalue weighted by Gasteiger charge is -2.18. The third kappa shape index (κ3) is 5.64. The molecular weight excluding hydrogens is 166 g/mol. The normalized spacial score (nSPS) is 15.3. The Balaban J connectivity index is 3.46. The van der Waals surface area contributed by atoms with Crippen LogP contribution in [0.5, 0.6) is 0 Å². The summed E-state index contributed by atoms with van der Waals surface area (Å²) in [5.41, 5.74) is 4.54. The van der Waals surface area contributed by atoms with Crippen molar-refractivity contribution in [1.82, 2.24) is 0 Å². The van der Waals surface area contributed by atoms with Crippen molar-refractivity contribution in [1.29, 1.82) is 0 Å². The van der Waals surface area contributed by atoms with E-state index in [1.165, 1.54) is 19.3 Å². The number of rotatable bonds is 7. The van der Waals surface area contributed by atoms with Crippen molar-refractivity contribution in [2.45, 2.75) is 57.9 Å². The van der Waals surface area contributed by atoms with Crippen LogP contribution in [0.1, 0.15) is 52.4 Å². The van der Waals surface area contributed by atoms with Gasteiger partial charge in [0.1, 0.15) is 5.54 Å². The van der Waals surface area contributed by atoms with E-state index in [4.69, 9.17) is 10.8 Å². The van der Waals surface area contributed by atoms with Crippen LogP contribution in [0, 0.1) is 0 Å². The van der Waals surface area contributed by atoms with Gasteiger partial charge in [-0.1, -0.05) is 39.0 Å². The molecule has 3 N–H and O–H groups in total. The Morgan fingerprint density at radius 2 is 1.85 bits per heavy atom. The van der Waals surface area contributed by atoms with Crippen LogP contribution in [0.15, 0.2) is 0 Å². The van der Waals surface area contributed by atoms with Crippen molar-refractivity contribution in [2.24, 2.45) is 5.73 Å². The highest BCUT2D eigenvalue weighted by Crippen LogP contribution is 2.13. The van der Waals surface area contributed by atoms with Crippen LogP contribution in [-0.4, -0.2) is 16.6 Å². The molecule has 0 unspecified atom stereocenters. The van der Waals surface area contributed by atoms with Gasteiger partial charge in [-0.3, -0.25) is 4.79 Å². The minimum atomic E-state index is -1.04. The third-order valence-electron chi connectivity index (χ3n) is 2.29. The molecule has 0 amide bonds. The second-order valence-electron chi connectivity index (χ2n) is 3.89. The number of hydrogen-bond acceptors (Lipinski definition) is 2. The number of carbonyl (C=O) groups is 1. The number of aliphatic carboxylic acids is 1. The monoisotopic (exact) mass is 187 g/mol. The molecule has 13 heavy (non-hydrogen) atoms. The maximum Gasteiger partial charge on any atom is 0.323 e. The lowest BCUT2D eigenvalue weighted by atomic mass is 9.95. The van der Waals surface area contributed by atoms with Gasteiger partial charge in [0.05, 0.1) is 0 Å². The summed E-state index contributed by atoms with van der Waals surface area (Å²) in [5.74, 6) is -0.900. The molecule has 0 heterocycles. The van der Waals surface area contributed by atoms with E-state index in [1.54, 1.807) is 6.92 Å². The van der Waals surface area contributed by atoms with Gasteiger partial charge in [-0.25, -0.2) is 0 Å². The molecule has 0 aromatic carbocycles. The van der Waals surface area contributed by atoms with E-state index >= 15 is 0 Å². The van der Waals surface area contributed by atoms with E-state index in [2.05, 4.69) is 6.92 Å². The number of nitrogens with two attached hydrogens (primary N) is 1. The molecule has 3 nitrogen and oxygen atoms in total. The zero-order chi connectivity index (χ0) is 10.3. The van der Waals surface area contributed by atoms with Gasteiger partial charge in [-0.15, -0.1) is 0 Å². The van der Waals surface area contributed by atoms with Crippen LogP contribution in [0.2, 0.25) is 0 Å². The van der Waals surface area contributed by atoms with E-state index in [-0.39, 0.29) is 0 Å². The van der Waals surface area contributed by atoms with Gasteiger partial charge in [0, 0.05) is 0 Å². The molecule has 0 aliphatic heterocycles. The SMILES string of the molecule is CCCCCCC[C@@](C)(N)C(=O)O. The van der Waals surface area contributed by atoms with Gasteiger partial charge in [0.25, 0.3) is 0 Å². The van der Waals surface area contributed by atoms with E-state index in [0.29, 0.717) is 6.42 Å². The lowest BCUT2D eigenvalue weighted by molar-refractivity contribution is -0.142. The summed E-state index contributed by atoms with van der Waals surface area (Å²) in [5, 5.41) is 8.72. The van der Waals surface area contributed by atoms with E-state index in [9.17, 15) is 4.79 Å². The van der Waals surface area contributed by atoms with Crippen LogP contribution in [0.25, 0.3) is 0 Å². The van der Waals surface area contributed by atoms with Crippen LogP contribution < -0.4 is 5.73 Å². The largest absolute Gasteiger partial charge is 0.480 e. The Morgan fingerprint density at radius 3 is 2.31 bits per heavy atom. The van der Waals surface area contributed by atoms with E-state index in [0.717, 1.165) is 12.8 Å². The molecule has 0 rings (SSSR count). The molecule has 0 bridgehead atoms. The van der Waals surface area contributed by atoms with E-state index < -0.39 is 11.5 Å². The summed E-state index contributed by atoms with van der Waals surface area (Å²) in [7, 11) is 0. The Labute approximate surface area is 80.3 Å². The van der Waals surface area contributed by atoms with Crippen molar-refractivity contribution in [2.75, 3.05) is 0 Å². The minimum absolute atomic E-state index is 0.575. The first kappa shape index (κ1) is 12.4. The number of hydrogen-bond donors (Lipinski definition) is 2. The Morgan fingerprint density at radius 1 is 1.31 bits per heavy atom. The molecule has 0 aromatic rings. The number of unbranched alkanes of at least 4 members (excludes halogenated alkanes) is 4. The first-order chi connectivity index (χ1) is 6.00. The summed E-state index contributed by atoms with van der Waals surface area (Å²) >= 11 is 0. The molecule has 1 atom stereocenters. The van der Waals surface area contributed by atoms with Gasteiger partial charge in [0.2, 0.25) is 0 Å². The van der Waals surface area contributed by atoms with Crippen molar-refractivity contribution in [3.8, 4) is 0 Å². The summed E-state index contributed by atoms with van der Waals surface area (Å²) in [4.78, 5) is 10.6. The highest BCUT2D eigenvalue weighted by atomic mass is 16.4. The van der Waals surface area contributed by atoms with Crippen molar-refractivity contribution in [3.05, 3.63) is 0 Å². The van der Waals surface area contributed by atoms with Crippen LogP contribution in [-0.2, 0) is 4.79 Å². The molecular formula is C10H21NO2. The molecule has 3 heteroatoms. The average molecular weight is 187 g/mol. The fraction of sp³-hybridized carbons (Fsp3) is 0.900. The second kappa shape index (κ2) is 5.97. The molecule has 0 saturated heterocycles. The number of carboxylic acids is 1. The lowest BCUT2D eigenvalue weighted by Crippen LogP contribution is -2.44. The van der Waals surface area contributed by atoms with Crippen molar-refractivity contribution < 1.29 is 9.90 Å². The summed E-state index contributed by atoms with van der Waals surface area (Å²) in [6, 6.07) is 0. The van der Waals surface area contributed by atoms with Gasteiger partial charge < -0.3 is 10.8 Å². The standard InChI is InChI=1S/C10H21NO2/c1-3-4-5-6-7-8-10(2,11)9(12)13/h3-8,11H2,1-2H3,(H,12,13)/t10-/m1/s1. The smallest absolute Gasteiger partial charge is 0.323 e. The zero-order valence-electron chi connectivity index (χ0n) is 8.68. The molecule has 0 spiro atoms. The predicted octanol–water partition coefficient (Wildman–Crippen LogP) is 2.15. The highest BCUT2D eigenvalue weighted by Gasteiger charge is 2.26. The van der Waals surface area contributed by atoms with Crippen LogP contribution in [0.3, 0.4) is 0 Å². The quantitative estimate of drug-likeness (QED) is 0.600.